The van der Waals surface area contributed by atoms with Crippen molar-refractivity contribution in [3.8, 4) is 5.75 Å². The van der Waals surface area contributed by atoms with E-state index in [9.17, 15) is 4.79 Å². The number of ether oxygens (including phenoxy) is 2. The molecule has 25 heavy (non-hydrogen) atoms. The smallest absolute Gasteiger partial charge is 0.274 e. The molecule has 1 N–H and O–H groups in total. The van der Waals surface area contributed by atoms with Gasteiger partial charge in [0, 0.05) is 36.1 Å². The van der Waals surface area contributed by atoms with E-state index in [-0.39, 0.29) is 5.91 Å². The Morgan fingerprint density at radius 2 is 2.08 bits per heavy atom. The summed E-state index contributed by atoms with van der Waals surface area (Å²) in [6, 6.07) is 7.15. The number of nitrogens with one attached hydrogen (secondary N) is 1. The van der Waals surface area contributed by atoms with E-state index in [0.717, 1.165) is 24.3 Å². The summed E-state index contributed by atoms with van der Waals surface area (Å²) in [7, 11) is 1.54. The molecule has 0 atom stereocenters. The first-order chi connectivity index (χ1) is 12.1. The molecular weight excluding hydrogens is 342 g/mol. The van der Waals surface area contributed by atoms with Gasteiger partial charge in [-0.05, 0) is 30.7 Å². The van der Waals surface area contributed by atoms with Gasteiger partial charge >= 0.3 is 0 Å². The van der Waals surface area contributed by atoms with Crippen molar-refractivity contribution >= 4 is 28.9 Å². The average molecular weight is 362 g/mol. The van der Waals surface area contributed by atoms with Gasteiger partial charge in [0.1, 0.15) is 11.4 Å². The van der Waals surface area contributed by atoms with Crippen molar-refractivity contribution in [2.75, 3.05) is 43.6 Å². The van der Waals surface area contributed by atoms with Crippen molar-refractivity contribution in [3.63, 3.8) is 0 Å². The van der Waals surface area contributed by atoms with E-state index in [0.29, 0.717) is 35.4 Å². The Kier molecular flexibility index (Phi) is 5.40. The minimum atomic E-state index is -0.296. The topological polar surface area (TPSA) is 63.7 Å². The molecule has 1 saturated heterocycles. The summed E-state index contributed by atoms with van der Waals surface area (Å²) in [5, 5.41) is 3.43. The molecule has 1 aliphatic heterocycles. The zero-order valence-corrected chi connectivity index (χ0v) is 15.0. The van der Waals surface area contributed by atoms with Gasteiger partial charge in [-0.15, -0.1) is 0 Å². The van der Waals surface area contributed by atoms with Crippen LogP contribution in [0.2, 0.25) is 5.02 Å². The predicted molar refractivity (Wildman–Crippen MR) is 98.0 cm³/mol. The van der Waals surface area contributed by atoms with Crippen LogP contribution in [0.15, 0.2) is 30.5 Å². The van der Waals surface area contributed by atoms with E-state index < -0.39 is 0 Å². The molecule has 132 valence electrons. The van der Waals surface area contributed by atoms with Crippen LogP contribution in [0.1, 0.15) is 16.1 Å². The lowest BCUT2D eigenvalue weighted by Gasteiger charge is -2.28. The van der Waals surface area contributed by atoms with Crippen molar-refractivity contribution < 1.29 is 14.3 Å². The number of benzene rings is 1. The number of halogens is 1. The summed E-state index contributed by atoms with van der Waals surface area (Å²) >= 11 is 6.10. The van der Waals surface area contributed by atoms with E-state index in [2.05, 4.69) is 15.2 Å². The van der Waals surface area contributed by atoms with Crippen LogP contribution in [-0.2, 0) is 4.74 Å². The molecule has 0 bridgehead atoms. The highest BCUT2D eigenvalue weighted by molar-refractivity contribution is 6.31. The third-order valence-corrected chi connectivity index (χ3v) is 4.49. The summed E-state index contributed by atoms with van der Waals surface area (Å²) in [5.41, 5.74) is 2.72. The number of hydrogen-bond acceptors (Lipinski definition) is 5. The van der Waals surface area contributed by atoms with E-state index in [1.165, 1.54) is 7.11 Å². The van der Waals surface area contributed by atoms with E-state index in [1.807, 2.05) is 13.0 Å². The Morgan fingerprint density at radius 3 is 2.80 bits per heavy atom. The number of morpholine rings is 1. The molecule has 1 fully saturated rings. The second-order valence-corrected chi connectivity index (χ2v) is 6.16. The summed E-state index contributed by atoms with van der Waals surface area (Å²) in [6.45, 7) is 4.84. The van der Waals surface area contributed by atoms with Crippen molar-refractivity contribution in [3.05, 3.63) is 46.7 Å². The van der Waals surface area contributed by atoms with Gasteiger partial charge in [-0.2, -0.15) is 0 Å². The Balaban J connectivity index is 1.81. The zero-order chi connectivity index (χ0) is 17.8. The fourth-order valence-electron chi connectivity index (χ4n) is 2.68. The van der Waals surface area contributed by atoms with Crippen molar-refractivity contribution in [2.24, 2.45) is 0 Å². The highest BCUT2D eigenvalue weighted by Crippen LogP contribution is 2.31. The van der Waals surface area contributed by atoms with Gasteiger partial charge in [0.05, 0.1) is 26.0 Å². The maximum absolute atomic E-state index is 12.6. The molecule has 0 spiro atoms. The first-order valence-electron chi connectivity index (χ1n) is 8.02. The average Bonchev–Trinajstić information content (AvgIpc) is 2.65. The maximum atomic E-state index is 12.6. The first-order valence-corrected chi connectivity index (χ1v) is 8.40. The third kappa shape index (κ3) is 4.03. The lowest BCUT2D eigenvalue weighted by Crippen LogP contribution is -2.36. The van der Waals surface area contributed by atoms with Gasteiger partial charge in [-0.25, -0.2) is 0 Å². The first kappa shape index (κ1) is 17.5. The molecule has 1 aliphatic rings. The normalized spacial score (nSPS) is 14.3. The molecule has 7 heteroatoms. The highest BCUT2D eigenvalue weighted by atomic mass is 35.5. The van der Waals surface area contributed by atoms with Gasteiger partial charge in [0.25, 0.3) is 5.91 Å². The zero-order valence-electron chi connectivity index (χ0n) is 14.2. The summed E-state index contributed by atoms with van der Waals surface area (Å²) in [5.74, 6) is 0.211. The van der Waals surface area contributed by atoms with Gasteiger partial charge in [0.2, 0.25) is 0 Å². The number of rotatable bonds is 4. The van der Waals surface area contributed by atoms with Crippen molar-refractivity contribution in [1.29, 1.82) is 0 Å². The van der Waals surface area contributed by atoms with E-state index in [1.54, 1.807) is 24.4 Å². The SMILES string of the molecule is COc1cc(Cl)c(C)cc1NC(=O)c1cc(N2CCOCC2)ccn1. The van der Waals surface area contributed by atoms with Gasteiger partial charge in [0.15, 0.2) is 0 Å². The molecule has 0 saturated carbocycles. The number of nitrogens with zero attached hydrogens (tertiary/aromatic N) is 2. The maximum Gasteiger partial charge on any atom is 0.274 e. The number of carbonyl (C=O) groups is 1. The minimum absolute atomic E-state index is 0.296. The lowest BCUT2D eigenvalue weighted by molar-refractivity contribution is 0.102. The Hall–Kier alpha value is -2.31. The standard InChI is InChI=1S/C18H20ClN3O3/c1-12-9-15(17(24-2)11-14(12)19)21-18(23)16-10-13(3-4-20-16)22-5-7-25-8-6-22/h3-4,9-11H,5-8H2,1-2H3,(H,21,23). The number of pyridine rings is 1. The van der Waals surface area contributed by atoms with Crippen LogP contribution in [0.25, 0.3) is 0 Å². The van der Waals surface area contributed by atoms with Crippen molar-refractivity contribution in [1.82, 2.24) is 4.98 Å². The quantitative estimate of drug-likeness (QED) is 0.906. The van der Waals surface area contributed by atoms with E-state index in [4.69, 9.17) is 21.1 Å². The Morgan fingerprint density at radius 1 is 1.32 bits per heavy atom. The molecule has 2 heterocycles. The second kappa shape index (κ2) is 7.72. The van der Waals surface area contributed by atoms with Crippen molar-refractivity contribution in [2.45, 2.75) is 6.92 Å². The van der Waals surface area contributed by atoms with Crippen LogP contribution >= 0.6 is 11.6 Å². The third-order valence-electron chi connectivity index (χ3n) is 4.08. The number of anilines is 2. The summed E-state index contributed by atoms with van der Waals surface area (Å²) in [4.78, 5) is 19.0. The molecule has 0 radical (unpaired) electrons. The molecule has 6 nitrogen and oxygen atoms in total. The minimum Gasteiger partial charge on any atom is -0.495 e. The van der Waals surface area contributed by atoms with Crippen LogP contribution in [0.3, 0.4) is 0 Å². The number of carbonyl (C=O) groups excluding carboxylic acids is 1. The summed E-state index contributed by atoms with van der Waals surface area (Å²) < 4.78 is 10.7. The van der Waals surface area contributed by atoms with Crippen LogP contribution < -0.4 is 15.0 Å². The summed E-state index contributed by atoms with van der Waals surface area (Å²) in [6.07, 6.45) is 1.64. The molecule has 1 aromatic heterocycles. The van der Waals surface area contributed by atoms with Crippen LogP contribution in [0.4, 0.5) is 11.4 Å². The number of aromatic nitrogens is 1. The lowest BCUT2D eigenvalue weighted by atomic mass is 10.2. The van der Waals surface area contributed by atoms with Gasteiger partial charge < -0.3 is 19.7 Å². The highest BCUT2D eigenvalue weighted by Gasteiger charge is 2.16. The Labute approximate surface area is 151 Å². The number of amides is 1. The van der Waals surface area contributed by atoms with E-state index >= 15 is 0 Å². The molecule has 1 aromatic carbocycles. The van der Waals surface area contributed by atoms with Gasteiger partial charge in [-0.3, -0.25) is 9.78 Å². The number of aryl methyl sites for hydroxylation is 1. The monoisotopic (exact) mass is 361 g/mol. The Bertz CT molecular complexity index is 776. The number of hydrogen-bond donors (Lipinski definition) is 1. The molecule has 2 aromatic rings. The van der Waals surface area contributed by atoms with Crippen LogP contribution in [0.5, 0.6) is 5.75 Å². The van der Waals surface area contributed by atoms with Gasteiger partial charge in [-0.1, -0.05) is 11.6 Å². The predicted octanol–water partition coefficient (Wildman–Crippen LogP) is 3.14. The molecular formula is C18H20ClN3O3. The molecule has 0 aliphatic carbocycles. The molecule has 3 rings (SSSR count). The molecule has 1 amide bonds. The number of methoxy groups -OCH3 is 1. The second-order valence-electron chi connectivity index (χ2n) is 5.75. The molecule has 0 unspecified atom stereocenters. The fourth-order valence-corrected chi connectivity index (χ4v) is 2.83. The fraction of sp³-hybridized carbons (Fsp3) is 0.333. The largest absolute Gasteiger partial charge is 0.495 e. The van der Waals surface area contributed by atoms with Crippen LogP contribution in [-0.4, -0.2) is 44.3 Å². The van der Waals surface area contributed by atoms with Crippen LogP contribution in [0, 0.1) is 6.92 Å².